The lowest BCUT2D eigenvalue weighted by Gasteiger charge is -2.43. The van der Waals surface area contributed by atoms with E-state index >= 15 is 0 Å². The van der Waals surface area contributed by atoms with Gasteiger partial charge in [-0.2, -0.15) is 0 Å². The Bertz CT molecular complexity index is 572. The van der Waals surface area contributed by atoms with E-state index in [-0.39, 0.29) is 23.9 Å². The van der Waals surface area contributed by atoms with Crippen LogP contribution in [0.2, 0.25) is 0 Å². The van der Waals surface area contributed by atoms with Gasteiger partial charge in [0.15, 0.2) is 0 Å². The van der Waals surface area contributed by atoms with Gasteiger partial charge in [-0.25, -0.2) is 9.18 Å². The van der Waals surface area contributed by atoms with Crippen molar-refractivity contribution in [2.75, 3.05) is 6.54 Å². The van der Waals surface area contributed by atoms with Crippen LogP contribution in [0.25, 0.3) is 0 Å². The van der Waals surface area contributed by atoms with Crippen LogP contribution in [-0.2, 0) is 4.74 Å². The second kappa shape index (κ2) is 6.71. The summed E-state index contributed by atoms with van der Waals surface area (Å²) in [5, 5.41) is 10.4. The van der Waals surface area contributed by atoms with E-state index in [1.165, 1.54) is 12.1 Å². The number of nitrogens with zero attached hydrogens (tertiary/aromatic N) is 1. The first-order valence-corrected chi connectivity index (χ1v) is 8.45. The molecule has 2 unspecified atom stereocenters. The van der Waals surface area contributed by atoms with E-state index in [2.05, 4.69) is 0 Å². The number of piperidine rings is 1. The zero-order valence-electron chi connectivity index (χ0n) is 15.2. The van der Waals surface area contributed by atoms with E-state index in [1.54, 1.807) is 30.9 Å². The normalized spacial score (nSPS) is 22.4. The molecule has 1 heterocycles. The summed E-state index contributed by atoms with van der Waals surface area (Å²) >= 11 is 0. The van der Waals surface area contributed by atoms with Crippen molar-refractivity contribution in [3.05, 3.63) is 35.6 Å². The standard InChI is InChI=1S/C19H28FNO3/c1-18(2,3)24-17(22)21-11-10-14(19(4,5)23)12-16(21)13-6-8-15(20)9-7-13/h6-9,14,16,23H,10-12H2,1-5H3. The van der Waals surface area contributed by atoms with Gasteiger partial charge in [0.1, 0.15) is 11.4 Å². The Morgan fingerprint density at radius 3 is 2.29 bits per heavy atom. The third-order valence-electron chi connectivity index (χ3n) is 4.48. The fourth-order valence-corrected chi connectivity index (χ4v) is 3.15. The van der Waals surface area contributed by atoms with Crippen LogP contribution >= 0.6 is 0 Å². The van der Waals surface area contributed by atoms with Crippen LogP contribution in [0.5, 0.6) is 0 Å². The van der Waals surface area contributed by atoms with Gasteiger partial charge >= 0.3 is 6.09 Å². The molecule has 0 spiro atoms. The molecule has 1 fully saturated rings. The van der Waals surface area contributed by atoms with Gasteiger partial charge < -0.3 is 14.7 Å². The van der Waals surface area contributed by atoms with Crippen molar-refractivity contribution in [1.82, 2.24) is 4.90 Å². The number of ether oxygens (including phenoxy) is 1. The van der Waals surface area contributed by atoms with E-state index < -0.39 is 11.2 Å². The summed E-state index contributed by atoms with van der Waals surface area (Å²) in [5.41, 5.74) is -0.535. The Labute approximate surface area is 143 Å². The molecule has 4 nitrogen and oxygen atoms in total. The molecule has 1 aliphatic rings. The van der Waals surface area contributed by atoms with Crippen LogP contribution in [-0.4, -0.2) is 33.8 Å². The Morgan fingerprint density at radius 2 is 1.79 bits per heavy atom. The highest BCUT2D eigenvalue weighted by Crippen LogP contribution is 2.39. The van der Waals surface area contributed by atoms with Crippen molar-refractivity contribution in [3.8, 4) is 0 Å². The van der Waals surface area contributed by atoms with Crippen molar-refractivity contribution in [2.24, 2.45) is 5.92 Å². The van der Waals surface area contributed by atoms with Crippen molar-refractivity contribution in [1.29, 1.82) is 0 Å². The first kappa shape index (κ1) is 18.7. The number of carbonyl (C=O) groups excluding carboxylic acids is 1. The smallest absolute Gasteiger partial charge is 0.410 e. The van der Waals surface area contributed by atoms with Crippen LogP contribution in [0.1, 0.15) is 59.1 Å². The molecule has 0 radical (unpaired) electrons. The number of likely N-dealkylation sites (tertiary alicyclic amines) is 1. The van der Waals surface area contributed by atoms with Crippen LogP contribution in [0.4, 0.5) is 9.18 Å². The number of benzene rings is 1. The van der Waals surface area contributed by atoms with Crippen LogP contribution in [0.3, 0.4) is 0 Å². The van der Waals surface area contributed by atoms with Gasteiger partial charge in [-0.1, -0.05) is 12.1 Å². The van der Waals surface area contributed by atoms with Crippen molar-refractivity contribution in [2.45, 2.75) is 64.7 Å². The Hall–Kier alpha value is -1.62. The quantitative estimate of drug-likeness (QED) is 0.876. The number of rotatable bonds is 2. The molecule has 0 aliphatic carbocycles. The first-order valence-electron chi connectivity index (χ1n) is 8.45. The minimum atomic E-state index is -0.821. The van der Waals surface area contributed by atoms with Gasteiger partial charge in [-0.05, 0) is 71.1 Å². The monoisotopic (exact) mass is 337 g/mol. The maximum Gasteiger partial charge on any atom is 0.410 e. The lowest BCUT2D eigenvalue weighted by Crippen LogP contribution is -2.47. The third-order valence-corrected chi connectivity index (χ3v) is 4.48. The molecule has 1 aliphatic heterocycles. The highest BCUT2D eigenvalue weighted by Gasteiger charge is 2.39. The zero-order chi connectivity index (χ0) is 18.1. The molecule has 0 saturated carbocycles. The minimum absolute atomic E-state index is 0.0613. The number of halogens is 1. The van der Waals surface area contributed by atoms with Gasteiger partial charge in [0.05, 0.1) is 11.6 Å². The SMILES string of the molecule is CC(C)(C)OC(=O)N1CCC(C(C)(C)O)CC1c1ccc(F)cc1. The average molecular weight is 337 g/mol. The molecular weight excluding hydrogens is 309 g/mol. The summed E-state index contributed by atoms with van der Waals surface area (Å²) in [6.45, 7) is 9.60. The van der Waals surface area contributed by atoms with Gasteiger partial charge in [-0.15, -0.1) is 0 Å². The van der Waals surface area contributed by atoms with Crippen LogP contribution in [0, 0.1) is 11.7 Å². The van der Waals surface area contributed by atoms with Crippen LogP contribution in [0.15, 0.2) is 24.3 Å². The minimum Gasteiger partial charge on any atom is -0.444 e. The predicted molar refractivity (Wildman–Crippen MR) is 91.1 cm³/mol. The molecule has 5 heteroatoms. The number of aliphatic hydroxyl groups is 1. The second-order valence-corrected chi connectivity index (χ2v) is 8.12. The van der Waals surface area contributed by atoms with E-state index in [1.807, 2.05) is 20.8 Å². The molecule has 2 atom stereocenters. The van der Waals surface area contributed by atoms with Crippen molar-refractivity contribution < 1.29 is 19.0 Å². The van der Waals surface area contributed by atoms with E-state index in [0.29, 0.717) is 19.4 Å². The molecule has 24 heavy (non-hydrogen) atoms. The molecule has 1 saturated heterocycles. The summed E-state index contributed by atoms with van der Waals surface area (Å²) in [4.78, 5) is 14.3. The number of carbonyl (C=O) groups is 1. The molecule has 2 rings (SSSR count). The van der Waals surface area contributed by atoms with Crippen LogP contribution < -0.4 is 0 Å². The van der Waals surface area contributed by atoms with Gasteiger partial charge in [0, 0.05) is 6.54 Å². The molecule has 1 aromatic carbocycles. The molecule has 1 N–H and O–H groups in total. The van der Waals surface area contributed by atoms with E-state index in [0.717, 1.165) is 5.56 Å². The van der Waals surface area contributed by atoms with E-state index in [4.69, 9.17) is 4.74 Å². The topological polar surface area (TPSA) is 49.8 Å². The molecule has 0 bridgehead atoms. The Morgan fingerprint density at radius 1 is 1.21 bits per heavy atom. The molecule has 1 aromatic rings. The van der Waals surface area contributed by atoms with Gasteiger partial charge in [0.2, 0.25) is 0 Å². The fourth-order valence-electron chi connectivity index (χ4n) is 3.15. The summed E-state index contributed by atoms with van der Waals surface area (Å²) in [6.07, 6.45) is 0.959. The highest BCUT2D eigenvalue weighted by atomic mass is 19.1. The number of amides is 1. The maximum absolute atomic E-state index is 13.3. The first-order chi connectivity index (χ1) is 11.0. The summed E-state index contributed by atoms with van der Waals surface area (Å²) in [5.74, 6) is -0.247. The van der Waals surface area contributed by atoms with Crippen molar-refractivity contribution in [3.63, 3.8) is 0 Å². The summed E-state index contributed by atoms with van der Waals surface area (Å²) in [7, 11) is 0. The third kappa shape index (κ3) is 4.69. The van der Waals surface area contributed by atoms with Gasteiger partial charge in [-0.3, -0.25) is 0 Å². The molecule has 0 aromatic heterocycles. The average Bonchev–Trinajstić information content (AvgIpc) is 2.44. The maximum atomic E-state index is 13.3. The number of hydrogen-bond donors (Lipinski definition) is 1. The lowest BCUT2D eigenvalue weighted by atomic mass is 9.78. The zero-order valence-corrected chi connectivity index (χ0v) is 15.2. The number of hydrogen-bond acceptors (Lipinski definition) is 3. The highest BCUT2D eigenvalue weighted by molar-refractivity contribution is 5.69. The Kier molecular flexibility index (Phi) is 5.23. The molecular formula is C19H28FNO3. The summed E-state index contributed by atoms with van der Waals surface area (Å²) in [6, 6.07) is 5.96. The lowest BCUT2D eigenvalue weighted by molar-refractivity contribution is -0.0398. The van der Waals surface area contributed by atoms with Crippen molar-refractivity contribution >= 4 is 6.09 Å². The van der Waals surface area contributed by atoms with Gasteiger partial charge in [0.25, 0.3) is 0 Å². The molecule has 134 valence electrons. The molecule has 1 amide bonds. The second-order valence-electron chi connectivity index (χ2n) is 8.12. The van der Waals surface area contributed by atoms with E-state index in [9.17, 15) is 14.3 Å². The predicted octanol–water partition coefficient (Wildman–Crippen LogP) is 4.28. The fraction of sp³-hybridized carbons (Fsp3) is 0.632. The summed E-state index contributed by atoms with van der Waals surface area (Å²) < 4.78 is 18.8. The largest absolute Gasteiger partial charge is 0.444 e. The Balaban J connectivity index is 2.28.